The van der Waals surface area contributed by atoms with Gasteiger partial charge in [0, 0.05) is 25.4 Å². The maximum absolute atomic E-state index is 12.9. The quantitative estimate of drug-likeness (QED) is 0.712. The highest BCUT2D eigenvalue weighted by molar-refractivity contribution is 7.89. The minimum atomic E-state index is -4.04. The van der Waals surface area contributed by atoms with Crippen molar-refractivity contribution in [2.45, 2.75) is 36.3 Å². The van der Waals surface area contributed by atoms with Crippen molar-refractivity contribution in [3.63, 3.8) is 0 Å². The largest absolute Gasteiger partial charge is 0.493 e. The lowest BCUT2D eigenvalue weighted by molar-refractivity contribution is -0.146. The molecule has 1 saturated heterocycles. The van der Waals surface area contributed by atoms with Gasteiger partial charge in [-0.1, -0.05) is 0 Å². The lowest BCUT2D eigenvalue weighted by Crippen LogP contribution is -2.54. The molecule has 8 nitrogen and oxygen atoms in total. The molecule has 0 aliphatic carbocycles. The van der Waals surface area contributed by atoms with Gasteiger partial charge in [-0.2, -0.15) is 4.31 Å². The van der Waals surface area contributed by atoms with Crippen molar-refractivity contribution in [2.75, 3.05) is 13.2 Å². The normalized spacial score (nSPS) is 20.6. The Morgan fingerprint density at radius 3 is 2.50 bits per heavy atom. The number of ether oxygens (including phenoxy) is 1. The van der Waals surface area contributed by atoms with E-state index in [0.717, 1.165) is 9.87 Å². The van der Waals surface area contributed by atoms with Crippen LogP contribution in [0, 0.1) is 0 Å². The van der Waals surface area contributed by atoms with Gasteiger partial charge in [0.25, 0.3) is 0 Å². The Labute approximate surface area is 163 Å². The number of rotatable bonds is 7. The third kappa shape index (κ3) is 4.49. The van der Waals surface area contributed by atoms with Crippen LogP contribution in [0.25, 0.3) is 0 Å². The Morgan fingerprint density at radius 2 is 1.86 bits per heavy atom. The van der Waals surface area contributed by atoms with Crippen LogP contribution in [0.5, 0.6) is 5.75 Å². The highest BCUT2D eigenvalue weighted by Crippen LogP contribution is 2.27. The van der Waals surface area contributed by atoms with Crippen molar-refractivity contribution in [1.29, 1.82) is 0 Å². The number of aliphatic carboxylic acids is 1. The number of aliphatic hydroxyl groups excluding tert-OH is 1. The average Bonchev–Trinajstić information content (AvgIpc) is 2.69. The summed E-state index contributed by atoms with van der Waals surface area (Å²) in [4.78, 5) is 15.4. The zero-order valence-corrected chi connectivity index (χ0v) is 16.0. The number of aromatic nitrogens is 1. The van der Waals surface area contributed by atoms with Gasteiger partial charge in [0.15, 0.2) is 0 Å². The van der Waals surface area contributed by atoms with Gasteiger partial charge in [0.2, 0.25) is 10.0 Å². The lowest BCUT2D eigenvalue weighted by atomic mass is 10.0. The summed E-state index contributed by atoms with van der Waals surface area (Å²) in [7, 11) is -4.04. The number of carboxylic acids is 1. The molecular formula is C19H22N2O6S. The van der Waals surface area contributed by atoms with Gasteiger partial charge in [-0.3, -0.25) is 9.78 Å². The van der Waals surface area contributed by atoms with Gasteiger partial charge in [0.1, 0.15) is 11.8 Å². The van der Waals surface area contributed by atoms with Crippen LogP contribution in [0.4, 0.5) is 0 Å². The van der Waals surface area contributed by atoms with Crippen molar-refractivity contribution in [1.82, 2.24) is 9.29 Å². The van der Waals surface area contributed by atoms with Gasteiger partial charge >= 0.3 is 5.97 Å². The van der Waals surface area contributed by atoms with Crippen molar-refractivity contribution in [3.8, 4) is 5.75 Å². The van der Waals surface area contributed by atoms with Crippen molar-refractivity contribution in [3.05, 3.63) is 54.4 Å². The fraction of sp³-hybridized carbons (Fsp3) is 0.368. The van der Waals surface area contributed by atoms with Crippen LogP contribution >= 0.6 is 0 Å². The second-order valence-corrected chi connectivity index (χ2v) is 8.42. The third-order valence-electron chi connectivity index (χ3n) is 4.65. The van der Waals surface area contributed by atoms with E-state index in [1.807, 2.05) is 12.1 Å². The van der Waals surface area contributed by atoms with Crippen LogP contribution < -0.4 is 4.74 Å². The number of carbonyl (C=O) groups is 1. The first-order valence-electron chi connectivity index (χ1n) is 8.94. The Morgan fingerprint density at radius 1 is 1.18 bits per heavy atom. The maximum atomic E-state index is 12.9. The number of piperidine rings is 1. The van der Waals surface area contributed by atoms with Gasteiger partial charge in [0.05, 0.1) is 17.6 Å². The van der Waals surface area contributed by atoms with Crippen LogP contribution in [-0.4, -0.2) is 59.2 Å². The molecule has 150 valence electrons. The van der Waals surface area contributed by atoms with Gasteiger partial charge in [-0.25, -0.2) is 8.42 Å². The first kappa shape index (κ1) is 20.2. The van der Waals surface area contributed by atoms with Crippen molar-refractivity contribution < 1.29 is 28.2 Å². The molecule has 28 heavy (non-hydrogen) atoms. The summed E-state index contributed by atoms with van der Waals surface area (Å²) < 4.78 is 32.2. The molecule has 0 radical (unpaired) electrons. The molecule has 3 rings (SSSR count). The Hall–Kier alpha value is -2.49. The van der Waals surface area contributed by atoms with Crippen LogP contribution in [0.15, 0.2) is 53.7 Å². The Bertz CT molecular complexity index is 902. The van der Waals surface area contributed by atoms with Crippen LogP contribution in [0.3, 0.4) is 0 Å². The van der Waals surface area contributed by atoms with Crippen LogP contribution in [0.2, 0.25) is 0 Å². The summed E-state index contributed by atoms with van der Waals surface area (Å²) in [6.07, 6.45) is 3.53. The fourth-order valence-corrected chi connectivity index (χ4v) is 4.83. The number of pyridine rings is 1. The van der Waals surface area contributed by atoms with E-state index < -0.39 is 28.1 Å². The molecule has 0 spiro atoms. The number of sulfonamides is 1. The first-order chi connectivity index (χ1) is 13.4. The van der Waals surface area contributed by atoms with E-state index in [1.54, 1.807) is 12.4 Å². The molecule has 1 aliphatic heterocycles. The molecule has 0 amide bonds. The summed E-state index contributed by atoms with van der Waals surface area (Å²) in [5.74, 6) is -0.840. The van der Waals surface area contributed by atoms with Crippen molar-refractivity contribution >= 4 is 16.0 Å². The highest BCUT2D eigenvalue weighted by Gasteiger charge is 2.42. The van der Waals surface area contributed by atoms with Gasteiger partial charge in [-0.05, 0) is 54.8 Å². The average molecular weight is 406 g/mol. The fourth-order valence-electron chi connectivity index (χ4n) is 3.18. The van der Waals surface area contributed by atoms with Crippen LogP contribution in [0.1, 0.15) is 18.4 Å². The predicted molar refractivity (Wildman–Crippen MR) is 100 cm³/mol. The molecule has 9 heteroatoms. The molecule has 1 fully saturated rings. The summed E-state index contributed by atoms with van der Waals surface area (Å²) >= 11 is 0. The van der Waals surface area contributed by atoms with Crippen molar-refractivity contribution in [2.24, 2.45) is 0 Å². The molecule has 2 atom stereocenters. The summed E-state index contributed by atoms with van der Waals surface area (Å²) in [5, 5.41) is 19.3. The molecule has 1 aliphatic rings. The smallest absolute Gasteiger partial charge is 0.324 e. The number of carboxylic acid groups (broad SMARTS) is 1. The number of aliphatic hydroxyl groups is 1. The number of hydrogen-bond donors (Lipinski definition) is 2. The Kier molecular flexibility index (Phi) is 6.28. The minimum Gasteiger partial charge on any atom is -0.493 e. The second kappa shape index (κ2) is 8.68. The highest BCUT2D eigenvalue weighted by atomic mass is 32.2. The third-order valence-corrected chi connectivity index (χ3v) is 6.54. The zero-order chi connectivity index (χ0) is 20.1. The van der Waals surface area contributed by atoms with Gasteiger partial charge in [-0.15, -0.1) is 0 Å². The van der Waals surface area contributed by atoms with E-state index in [4.69, 9.17) is 4.74 Å². The van der Waals surface area contributed by atoms with E-state index in [2.05, 4.69) is 4.98 Å². The molecule has 2 heterocycles. The SMILES string of the molecule is O=C(O)[C@H]1[C@@H](O)CCCN1S(=O)(=O)c1ccc(OCCc2ccncc2)cc1. The molecule has 1 aromatic heterocycles. The molecular weight excluding hydrogens is 384 g/mol. The van der Waals surface area contributed by atoms with Gasteiger partial charge < -0.3 is 14.9 Å². The maximum Gasteiger partial charge on any atom is 0.324 e. The topological polar surface area (TPSA) is 117 Å². The summed E-state index contributed by atoms with van der Waals surface area (Å²) in [6.45, 7) is 0.482. The van der Waals surface area contributed by atoms with E-state index in [9.17, 15) is 23.4 Å². The summed E-state index contributed by atoms with van der Waals surface area (Å²) in [5.41, 5.74) is 1.08. The predicted octanol–water partition coefficient (Wildman–Crippen LogP) is 1.30. The molecule has 2 N–H and O–H groups in total. The van der Waals surface area contributed by atoms with Crippen LogP contribution in [-0.2, 0) is 21.2 Å². The Balaban J connectivity index is 1.68. The number of hydrogen-bond acceptors (Lipinski definition) is 6. The summed E-state index contributed by atoms with van der Waals surface area (Å²) in [6, 6.07) is 8.16. The minimum absolute atomic E-state index is 0.0330. The molecule has 0 bridgehead atoms. The standard InChI is InChI=1S/C19H22N2O6S/c22-17-2-1-12-21(18(17)19(23)24)28(25,26)16-5-3-15(4-6-16)27-13-9-14-7-10-20-11-8-14/h3-8,10-11,17-18,22H,1-2,9,12-13H2,(H,23,24)/t17-,18+/m0/s1. The van der Waals surface area contributed by atoms with E-state index in [0.29, 0.717) is 25.2 Å². The molecule has 2 aromatic rings. The monoisotopic (exact) mass is 406 g/mol. The molecule has 0 saturated carbocycles. The second-order valence-electron chi connectivity index (χ2n) is 6.53. The van der Waals surface area contributed by atoms with E-state index in [-0.39, 0.29) is 17.9 Å². The first-order valence-corrected chi connectivity index (χ1v) is 10.4. The number of benzene rings is 1. The lowest BCUT2D eigenvalue weighted by Gasteiger charge is -2.35. The van der Waals surface area contributed by atoms with E-state index in [1.165, 1.54) is 24.3 Å². The zero-order valence-electron chi connectivity index (χ0n) is 15.1. The molecule has 1 aromatic carbocycles. The van der Waals surface area contributed by atoms with E-state index >= 15 is 0 Å². The molecule has 0 unspecified atom stereocenters. The number of nitrogens with zero attached hydrogens (tertiary/aromatic N) is 2.